The third kappa shape index (κ3) is 8.83. The summed E-state index contributed by atoms with van der Waals surface area (Å²) >= 11 is 0. The average molecular weight is 1010 g/mol. The Labute approximate surface area is 441 Å². The first kappa shape index (κ1) is 54.5. The van der Waals surface area contributed by atoms with Crippen molar-refractivity contribution >= 4 is 0 Å². The van der Waals surface area contributed by atoms with Crippen LogP contribution >= 0.6 is 0 Å². The Kier molecular flexibility index (Phi) is 14.8. The van der Waals surface area contributed by atoms with E-state index < -0.39 is 18.0 Å². The van der Waals surface area contributed by atoms with Crippen LogP contribution in [0.4, 0.5) is 0 Å². The maximum absolute atomic E-state index is 11.6. The molecule has 9 aliphatic rings. The van der Waals surface area contributed by atoms with Crippen LogP contribution in [0.15, 0.2) is 12.4 Å². The van der Waals surface area contributed by atoms with Crippen molar-refractivity contribution in [3.05, 3.63) is 34.9 Å². The number of nitrogens with zero attached hydrogens (tertiary/aromatic N) is 2. The largest absolute Gasteiger partial charge is 0.393 e. The highest BCUT2D eigenvalue weighted by molar-refractivity contribution is 5.29. The van der Waals surface area contributed by atoms with Crippen LogP contribution in [0.25, 0.3) is 0 Å². The molecule has 1 aliphatic heterocycles. The van der Waals surface area contributed by atoms with Crippen molar-refractivity contribution in [2.45, 2.75) is 242 Å². The molecule has 11 rings (SSSR count). The van der Waals surface area contributed by atoms with Crippen molar-refractivity contribution < 1.29 is 29.9 Å². The van der Waals surface area contributed by atoms with E-state index in [-0.39, 0.29) is 63.8 Å². The molecule has 1 saturated heterocycles. The molecule has 0 spiro atoms. The molecule has 6 saturated carbocycles. The lowest BCUT2D eigenvalue weighted by molar-refractivity contribution is -0.208. The van der Waals surface area contributed by atoms with E-state index in [0.717, 1.165) is 76.3 Å². The van der Waals surface area contributed by atoms with Gasteiger partial charge in [0.05, 0.1) is 49.0 Å². The topological polar surface area (TPSA) is 157 Å². The maximum Gasteiger partial charge on any atom is 0.163 e. The molecule has 0 radical (unpaired) electrons. The van der Waals surface area contributed by atoms with Gasteiger partial charge in [0.2, 0.25) is 0 Å². The number of rotatable bonds is 12. The summed E-state index contributed by atoms with van der Waals surface area (Å²) in [6, 6.07) is 0. The van der Waals surface area contributed by atoms with E-state index in [1.807, 2.05) is 6.20 Å². The SMILES string of the molecule is CC[C@H](CC(O)[C@@H](C)[C@H]1CC[C@H]2[C@@H]3[C@@H](O)[C@H](O)[C@H]4Cc5[nH]ncc5C[C@]4(C)[C@H]3CC[C@]12C)C(C)C.CC[C@H](CC(O)[C@@H](C)[C@H]1CC[C@H]2[C@@H]3[C@H]4OC(C)(C)O[C@@H]4[C@H]4Cc5[nH]ncc5C[C@]4(C)[C@H]3CC[C@]12C)C(C)C. The number of H-pyrrole nitrogens is 2. The Bertz CT molecular complexity index is 2220. The van der Waals surface area contributed by atoms with Crippen LogP contribution in [0.1, 0.15) is 196 Å². The number of aliphatic hydroxyl groups is 4. The van der Waals surface area contributed by atoms with Gasteiger partial charge in [0.1, 0.15) is 0 Å². The second kappa shape index (κ2) is 19.8. The van der Waals surface area contributed by atoms with Crippen LogP contribution in [0.2, 0.25) is 0 Å². The highest BCUT2D eigenvalue weighted by Crippen LogP contribution is 2.71. The Morgan fingerprint density at radius 3 is 1.45 bits per heavy atom. The monoisotopic (exact) mass is 1010 g/mol. The highest BCUT2D eigenvalue weighted by Gasteiger charge is 2.70. The minimum atomic E-state index is -0.682. The first-order valence-corrected chi connectivity index (χ1v) is 30.5. The lowest BCUT2D eigenvalue weighted by atomic mass is 9.43. The minimum Gasteiger partial charge on any atom is -0.393 e. The van der Waals surface area contributed by atoms with E-state index in [2.05, 4.69) is 124 Å². The molecule has 0 aromatic carbocycles. The van der Waals surface area contributed by atoms with Crippen molar-refractivity contribution in [3.8, 4) is 0 Å². The van der Waals surface area contributed by atoms with E-state index in [4.69, 9.17) is 9.47 Å². The van der Waals surface area contributed by atoms with Crippen LogP contribution in [0.3, 0.4) is 0 Å². The van der Waals surface area contributed by atoms with Crippen molar-refractivity contribution in [2.75, 3.05) is 0 Å². The predicted octanol–water partition coefficient (Wildman–Crippen LogP) is 11.8. The molecule has 2 aromatic rings. The highest BCUT2D eigenvalue weighted by atomic mass is 16.8. The van der Waals surface area contributed by atoms with Gasteiger partial charge in [-0.3, -0.25) is 10.2 Å². The first-order chi connectivity index (χ1) is 34.4. The third-order valence-electron chi connectivity index (χ3n) is 25.4. The van der Waals surface area contributed by atoms with Gasteiger partial charge in [-0.1, -0.05) is 95.9 Å². The molecule has 2 aromatic heterocycles. The summed E-state index contributed by atoms with van der Waals surface area (Å²) in [6.07, 6.45) is 20.2. The second-order valence-corrected chi connectivity index (χ2v) is 29.5. The lowest BCUT2D eigenvalue weighted by Crippen LogP contribution is -2.64. The number of fused-ring (bicyclic) bond motifs is 15. The molecule has 24 atom stereocenters. The van der Waals surface area contributed by atoms with Gasteiger partial charge in [0.15, 0.2) is 5.79 Å². The summed E-state index contributed by atoms with van der Waals surface area (Å²) in [4.78, 5) is 0. The van der Waals surface area contributed by atoms with E-state index in [0.29, 0.717) is 76.9 Å². The third-order valence-corrected chi connectivity index (χ3v) is 25.4. The van der Waals surface area contributed by atoms with Gasteiger partial charge in [-0.15, -0.1) is 0 Å². The van der Waals surface area contributed by atoms with E-state index in [1.54, 1.807) is 0 Å². The quantitative estimate of drug-likeness (QED) is 0.123. The van der Waals surface area contributed by atoms with Crippen LogP contribution in [-0.4, -0.2) is 83.2 Å². The summed E-state index contributed by atoms with van der Waals surface area (Å²) in [6.45, 7) is 32.6. The Morgan fingerprint density at radius 2 is 0.973 bits per heavy atom. The molecule has 7 fully saturated rings. The number of aliphatic hydroxyl groups excluding tert-OH is 4. The van der Waals surface area contributed by atoms with E-state index in [9.17, 15) is 20.4 Å². The normalized spacial score (nSPS) is 45.4. The number of aromatic nitrogens is 4. The Morgan fingerprint density at radius 1 is 0.548 bits per heavy atom. The van der Waals surface area contributed by atoms with Crippen molar-refractivity contribution in [1.29, 1.82) is 0 Å². The van der Waals surface area contributed by atoms with Gasteiger partial charge in [-0.2, -0.15) is 10.2 Å². The number of nitrogens with one attached hydrogen (secondary N) is 2. The summed E-state index contributed by atoms with van der Waals surface area (Å²) in [5.74, 6) is 6.91. The smallest absolute Gasteiger partial charge is 0.163 e. The maximum atomic E-state index is 11.6. The summed E-state index contributed by atoms with van der Waals surface area (Å²) < 4.78 is 13.7. The summed E-state index contributed by atoms with van der Waals surface area (Å²) in [5.41, 5.74) is 5.78. The lowest BCUT2D eigenvalue weighted by Gasteiger charge is -2.63. The molecule has 10 heteroatoms. The fraction of sp³-hybridized carbons (Fsp3) is 0.905. The van der Waals surface area contributed by atoms with Gasteiger partial charge in [0, 0.05) is 11.4 Å². The summed E-state index contributed by atoms with van der Waals surface area (Å²) in [5, 5.41) is 61.1. The van der Waals surface area contributed by atoms with E-state index in [1.165, 1.54) is 48.9 Å². The van der Waals surface area contributed by atoms with Crippen LogP contribution in [-0.2, 0) is 35.2 Å². The van der Waals surface area contributed by atoms with Crippen LogP contribution in [0, 0.1) is 116 Å². The molecule has 0 bridgehead atoms. The van der Waals surface area contributed by atoms with Gasteiger partial charge < -0.3 is 29.9 Å². The van der Waals surface area contributed by atoms with Crippen molar-refractivity contribution in [1.82, 2.24) is 20.4 Å². The van der Waals surface area contributed by atoms with Crippen molar-refractivity contribution in [3.63, 3.8) is 0 Å². The zero-order valence-electron chi connectivity index (χ0n) is 48.2. The molecule has 2 unspecified atom stereocenters. The number of ether oxygens (including phenoxy) is 2. The fourth-order valence-corrected chi connectivity index (χ4v) is 21.1. The van der Waals surface area contributed by atoms with Crippen LogP contribution < -0.4 is 0 Å². The molecule has 0 amide bonds. The van der Waals surface area contributed by atoms with Crippen LogP contribution in [0.5, 0.6) is 0 Å². The molecule has 3 heterocycles. The minimum absolute atomic E-state index is 0.00363. The van der Waals surface area contributed by atoms with E-state index >= 15 is 0 Å². The van der Waals surface area contributed by atoms with Crippen molar-refractivity contribution in [2.24, 2.45) is 116 Å². The molecule has 6 N–H and O–H groups in total. The molecular weight excluding hydrogens is 909 g/mol. The first-order valence-electron chi connectivity index (χ1n) is 30.5. The average Bonchev–Trinajstić information content (AvgIpc) is 4.19. The Hall–Kier alpha value is -1.82. The molecule has 8 aliphatic carbocycles. The molecule has 73 heavy (non-hydrogen) atoms. The number of hydrogen-bond acceptors (Lipinski definition) is 8. The molecule has 10 nitrogen and oxygen atoms in total. The zero-order valence-corrected chi connectivity index (χ0v) is 48.2. The second-order valence-electron chi connectivity index (χ2n) is 29.5. The van der Waals surface area contributed by atoms with Gasteiger partial charge in [-0.25, -0.2) is 0 Å². The Balaban J connectivity index is 0.000000168. The molecule has 412 valence electrons. The zero-order chi connectivity index (χ0) is 52.5. The number of hydrogen-bond donors (Lipinski definition) is 6. The summed E-state index contributed by atoms with van der Waals surface area (Å²) in [7, 11) is 0. The predicted molar refractivity (Wildman–Crippen MR) is 289 cm³/mol. The van der Waals surface area contributed by atoms with Gasteiger partial charge in [-0.05, 0) is 231 Å². The number of aromatic amines is 2. The fourth-order valence-electron chi connectivity index (χ4n) is 21.1. The van der Waals surface area contributed by atoms with Gasteiger partial charge in [0.25, 0.3) is 0 Å². The molecular formula is C63H104N4O6. The van der Waals surface area contributed by atoms with Gasteiger partial charge >= 0.3 is 0 Å². The standard InChI is InChI=1S/C33H54N2O3.C30H50N2O3/c1-9-20(18(2)3)14-27(36)19(4)22-10-11-23-28-24(12-13-32(22,23)7)33(8)16-21-17-34-35-26(21)15-25(33)29-30(28)38-31(5,6)37-29;1-7-18(16(2)3)12-25(33)17(4)20-8-9-21-26-22(10-11-29(20,21)5)30(6)14-19-15-31-32-24(19)13-23(30)27(34)28(26)35/h17-20,22-25,27-30,36H,9-16H2,1-8H3,(H,34,35);15-18,20-23,25-28,33-35H,7-14H2,1-6H3,(H,31,32)/t19-,20+,22+,23-,24-,25+,27?,28-,29+,30+,32+,33+;17-,18+,20+,21-,22-,23+,25?,26-,27+,28+,29+,30+/m00/s1.